The van der Waals surface area contributed by atoms with Gasteiger partial charge in [0, 0.05) is 36.5 Å². The molecule has 4 aromatic rings. The fraction of sp³-hybridized carbons (Fsp3) is 0.375. The Balaban J connectivity index is 1.37. The highest BCUT2D eigenvalue weighted by molar-refractivity contribution is 5.96. The van der Waals surface area contributed by atoms with E-state index >= 15 is 0 Å². The molecule has 12 nitrogen and oxygen atoms in total. The number of hydrogen-bond donors (Lipinski definition) is 6. The molecule has 0 bridgehead atoms. The van der Waals surface area contributed by atoms with E-state index in [0.29, 0.717) is 25.8 Å². The Hall–Kier alpha value is -5.65. The van der Waals surface area contributed by atoms with Crippen LogP contribution < -0.4 is 26.6 Å². The number of hydrogen-bond acceptors (Lipinski definition) is 6. The lowest BCUT2D eigenvalue weighted by atomic mass is 10.0. The Morgan fingerprint density at radius 1 is 0.808 bits per heavy atom. The van der Waals surface area contributed by atoms with Crippen LogP contribution in [0.5, 0.6) is 0 Å². The van der Waals surface area contributed by atoms with Crippen molar-refractivity contribution >= 4 is 40.6 Å². The molecule has 0 aliphatic carbocycles. The molecule has 0 saturated carbocycles. The van der Waals surface area contributed by atoms with Gasteiger partial charge in [0.2, 0.25) is 23.6 Å². The minimum absolute atomic E-state index is 0.0197. The van der Waals surface area contributed by atoms with Gasteiger partial charge in [-0.2, -0.15) is 0 Å². The van der Waals surface area contributed by atoms with Gasteiger partial charge in [-0.3, -0.25) is 19.2 Å². The predicted molar refractivity (Wildman–Crippen MR) is 198 cm³/mol. The summed E-state index contributed by atoms with van der Waals surface area (Å²) in [4.78, 5) is 71.3. The number of carbonyl (C=O) groups excluding carboxylic acids is 5. The Kier molecular flexibility index (Phi) is 13.4. The summed E-state index contributed by atoms with van der Waals surface area (Å²) < 4.78 is 5.42. The van der Waals surface area contributed by atoms with Crippen LogP contribution in [0.3, 0.4) is 0 Å². The van der Waals surface area contributed by atoms with Gasteiger partial charge in [-0.15, -0.1) is 0 Å². The van der Waals surface area contributed by atoms with Gasteiger partial charge in [0.25, 0.3) is 0 Å². The summed E-state index contributed by atoms with van der Waals surface area (Å²) in [5.74, 6) is -1.78. The smallest absolute Gasteiger partial charge is 0.408 e. The first kappa shape index (κ1) is 37.6. The molecule has 2 heterocycles. The van der Waals surface area contributed by atoms with Gasteiger partial charge in [-0.1, -0.05) is 92.7 Å². The number of ether oxygens (including phenoxy) is 1. The number of nitrogens with one attached hydrogen (secondary N) is 6. The average molecular weight is 709 g/mol. The summed E-state index contributed by atoms with van der Waals surface area (Å²) >= 11 is 0. The van der Waals surface area contributed by atoms with Crippen LogP contribution in [0, 0.1) is 5.92 Å². The standard InChI is InChI=1S/C40H48N6O6/c1-26(2)21-33-36(47)41-20-12-11-19-32(37(48)45-35(39(50)44-33)23-29-24-42-31-18-10-9-17-30(29)31)43-38(49)34(22-27-13-5-3-6-14-27)46-40(51)52-25-28-15-7-4-8-16-28/h3-10,13-18,24,26,32-35,42H,11-12,19-23,25H2,1-2H3,(H,41,47)(H,43,49)(H,44,50)(H,45,48)(H,46,51)/t32?,33?,34-,35?/m1/s1. The van der Waals surface area contributed by atoms with Gasteiger partial charge in [0.05, 0.1) is 0 Å². The largest absolute Gasteiger partial charge is 0.445 e. The monoisotopic (exact) mass is 708 g/mol. The van der Waals surface area contributed by atoms with Gasteiger partial charge in [0.15, 0.2) is 0 Å². The summed E-state index contributed by atoms with van der Waals surface area (Å²) in [5, 5.41) is 15.2. The van der Waals surface area contributed by atoms with E-state index in [1.54, 1.807) is 6.20 Å². The zero-order valence-corrected chi connectivity index (χ0v) is 29.7. The molecule has 4 atom stereocenters. The highest BCUT2D eigenvalue weighted by Crippen LogP contribution is 2.20. The molecule has 5 rings (SSSR count). The number of aromatic amines is 1. The van der Waals surface area contributed by atoms with E-state index < -0.39 is 48.0 Å². The first-order chi connectivity index (χ1) is 25.2. The number of rotatable bonds is 11. The summed E-state index contributed by atoms with van der Waals surface area (Å²) in [6.07, 6.45) is 3.03. The maximum Gasteiger partial charge on any atom is 0.408 e. The van der Waals surface area contributed by atoms with Crippen LogP contribution in [-0.4, -0.2) is 65.4 Å². The van der Waals surface area contributed by atoms with Gasteiger partial charge in [-0.25, -0.2) is 4.79 Å². The van der Waals surface area contributed by atoms with E-state index in [9.17, 15) is 24.0 Å². The zero-order valence-electron chi connectivity index (χ0n) is 29.7. The molecule has 1 aliphatic heterocycles. The number of aromatic nitrogens is 1. The second kappa shape index (κ2) is 18.5. The third kappa shape index (κ3) is 10.9. The quantitative estimate of drug-likeness (QED) is 0.137. The fourth-order valence-corrected chi connectivity index (χ4v) is 6.29. The van der Waals surface area contributed by atoms with E-state index in [0.717, 1.165) is 27.6 Å². The molecule has 5 amide bonds. The normalized spacial score (nSPS) is 19.2. The van der Waals surface area contributed by atoms with Crippen molar-refractivity contribution in [2.45, 2.75) is 83.1 Å². The van der Waals surface area contributed by atoms with Crippen molar-refractivity contribution in [2.75, 3.05) is 6.54 Å². The number of alkyl carbamates (subject to hydrolysis) is 1. The number of benzene rings is 3. The first-order valence-electron chi connectivity index (χ1n) is 17.9. The SMILES string of the molecule is CC(C)CC1NC(=O)C(Cc2c[nH]c3ccccc23)NC(=O)C(NC(=O)[C@@H](Cc2ccccc2)NC(=O)OCc2ccccc2)CCCCNC1=O. The lowest BCUT2D eigenvalue weighted by molar-refractivity contribution is -0.134. The Morgan fingerprint density at radius 3 is 2.21 bits per heavy atom. The Bertz CT molecular complexity index is 1810. The molecule has 274 valence electrons. The maximum absolute atomic E-state index is 14.1. The van der Waals surface area contributed by atoms with E-state index in [2.05, 4.69) is 31.6 Å². The molecule has 0 radical (unpaired) electrons. The average Bonchev–Trinajstić information content (AvgIpc) is 3.55. The molecular formula is C40H48N6O6. The molecule has 1 fully saturated rings. The first-order valence-corrected chi connectivity index (χ1v) is 17.9. The van der Waals surface area contributed by atoms with E-state index in [1.807, 2.05) is 98.8 Å². The van der Waals surface area contributed by atoms with E-state index in [-0.39, 0.29) is 37.7 Å². The number of amides is 5. The minimum Gasteiger partial charge on any atom is -0.445 e. The van der Waals surface area contributed by atoms with Crippen molar-refractivity contribution in [3.8, 4) is 0 Å². The van der Waals surface area contributed by atoms with Gasteiger partial charge in [-0.05, 0) is 54.4 Å². The number of para-hydroxylation sites is 1. The van der Waals surface area contributed by atoms with Crippen LogP contribution in [0.25, 0.3) is 10.9 Å². The van der Waals surface area contributed by atoms with E-state index in [4.69, 9.17) is 4.74 Å². The second-order valence-corrected chi connectivity index (χ2v) is 13.6. The molecular weight excluding hydrogens is 660 g/mol. The van der Waals surface area contributed by atoms with Crippen molar-refractivity contribution in [3.63, 3.8) is 0 Å². The summed E-state index contributed by atoms with van der Waals surface area (Å²) in [6, 6.07) is 22.1. The summed E-state index contributed by atoms with van der Waals surface area (Å²) in [6.45, 7) is 4.31. The topological polar surface area (TPSA) is 171 Å². The second-order valence-electron chi connectivity index (χ2n) is 13.6. The Morgan fingerprint density at radius 2 is 1.48 bits per heavy atom. The van der Waals surface area contributed by atoms with Crippen molar-refractivity contribution in [1.82, 2.24) is 31.6 Å². The lowest BCUT2D eigenvalue weighted by Gasteiger charge is -2.26. The van der Waals surface area contributed by atoms with Crippen LogP contribution in [-0.2, 0) is 43.4 Å². The molecule has 6 N–H and O–H groups in total. The zero-order chi connectivity index (χ0) is 36.9. The molecule has 3 unspecified atom stereocenters. The highest BCUT2D eigenvalue weighted by Gasteiger charge is 2.33. The van der Waals surface area contributed by atoms with Crippen molar-refractivity contribution in [3.05, 3.63) is 108 Å². The van der Waals surface area contributed by atoms with Crippen LogP contribution in [0.15, 0.2) is 91.1 Å². The molecule has 52 heavy (non-hydrogen) atoms. The number of fused-ring (bicyclic) bond motifs is 1. The van der Waals surface area contributed by atoms with Crippen molar-refractivity contribution in [2.24, 2.45) is 5.92 Å². The van der Waals surface area contributed by atoms with Crippen molar-refractivity contribution in [1.29, 1.82) is 0 Å². The van der Waals surface area contributed by atoms with Crippen LogP contribution in [0.2, 0.25) is 0 Å². The third-order valence-corrected chi connectivity index (χ3v) is 9.03. The maximum atomic E-state index is 14.1. The molecule has 1 aliphatic rings. The lowest BCUT2D eigenvalue weighted by Crippen LogP contribution is -2.58. The van der Waals surface area contributed by atoms with Crippen LogP contribution in [0.1, 0.15) is 56.2 Å². The molecule has 0 spiro atoms. The van der Waals surface area contributed by atoms with Gasteiger partial charge < -0.3 is 36.3 Å². The summed E-state index contributed by atoms with van der Waals surface area (Å²) in [7, 11) is 0. The van der Waals surface area contributed by atoms with E-state index in [1.165, 1.54) is 0 Å². The predicted octanol–water partition coefficient (Wildman–Crippen LogP) is 4.05. The van der Waals surface area contributed by atoms with Gasteiger partial charge >= 0.3 is 6.09 Å². The number of H-pyrrole nitrogens is 1. The highest BCUT2D eigenvalue weighted by atomic mass is 16.5. The third-order valence-electron chi connectivity index (χ3n) is 9.03. The molecule has 3 aromatic carbocycles. The van der Waals surface area contributed by atoms with Crippen LogP contribution in [0.4, 0.5) is 4.79 Å². The molecule has 1 aromatic heterocycles. The Labute approximate surface area is 303 Å². The van der Waals surface area contributed by atoms with Crippen LogP contribution >= 0.6 is 0 Å². The molecule has 1 saturated heterocycles. The van der Waals surface area contributed by atoms with Gasteiger partial charge in [0.1, 0.15) is 30.8 Å². The summed E-state index contributed by atoms with van der Waals surface area (Å²) in [5.41, 5.74) is 3.29. The molecule has 12 heteroatoms. The fourth-order valence-electron chi connectivity index (χ4n) is 6.29. The minimum atomic E-state index is -1.07. The number of carbonyl (C=O) groups is 5. The van der Waals surface area contributed by atoms with Crippen molar-refractivity contribution < 1.29 is 28.7 Å².